The summed E-state index contributed by atoms with van der Waals surface area (Å²) in [6.07, 6.45) is 7.57. The van der Waals surface area contributed by atoms with Crippen LogP contribution in [0, 0.1) is 25.2 Å². The molecule has 0 aromatic heterocycles. The summed E-state index contributed by atoms with van der Waals surface area (Å²) in [4.78, 5) is 0. The minimum absolute atomic E-state index is 0.169. The quantitative estimate of drug-likeness (QED) is 0.841. The Morgan fingerprint density at radius 3 is 2.52 bits per heavy atom. The first-order valence-electron chi connectivity index (χ1n) is 7.94. The van der Waals surface area contributed by atoms with Gasteiger partial charge in [0.05, 0.1) is 23.3 Å². The van der Waals surface area contributed by atoms with Crippen molar-refractivity contribution >= 4 is 0 Å². The summed E-state index contributed by atoms with van der Waals surface area (Å²) in [5, 5.41) is 8.99. The number of rotatable bonds is 3. The lowest BCUT2D eigenvalue weighted by atomic mass is 9.98. The zero-order valence-corrected chi connectivity index (χ0v) is 12.9. The lowest BCUT2D eigenvalue weighted by Crippen LogP contribution is -2.27. The molecule has 1 unspecified atom stereocenters. The molecule has 112 valence electrons. The second-order valence-corrected chi connectivity index (χ2v) is 6.53. The van der Waals surface area contributed by atoms with Crippen LogP contribution in [-0.4, -0.2) is 18.3 Å². The number of nitrogens with zero attached hydrogens (tertiary/aromatic N) is 1. The SMILES string of the molecule is Cc1cc(C#N)cc(C)c1OCC1CCC2(CCCC2)O1. The Labute approximate surface area is 126 Å². The summed E-state index contributed by atoms with van der Waals surface area (Å²) < 4.78 is 12.3. The number of hydrogen-bond donors (Lipinski definition) is 0. The Morgan fingerprint density at radius 1 is 1.24 bits per heavy atom. The maximum Gasteiger partial charge on any atom is 0.125 e. The molecular weight excluding hydrogens is 262 g/mol. The molecule has 1 aromatic carbocycles. The molecule has 0 amide bonds. The van der Waals surface area contributed by atoms with Crippen LogP contribution in [0.1, 0.15) is 55.2 Å². The topological polar surface area (TPSA) is 42.2 Å². The number of nitriles is 1. The highest BCUT2D eigenvalue weighted by Gasteiger charge is 2.42. The molecule has 0 N–H and O–H groups in total. The molecule has 1 aromatic rings. The summed E-state index contributed by atoms with van der Waals surface area (Å²) in [6.45, 7) is 4.61. The van der Waals surface area contributed by atoms with Crippen LogP contribution in [0.15, 0.2) is 12.1 Å². The Hall–Kier alpha value is -1.53. The summed E-state index contributed by atoms with van der Waals surface area (Å²) in [6, 6.07) is 5.96. The predicted molar refractivity (Wildman–Crippen MR) is 81.4 cm³/mol. The van der Waals surface area contributed by atoms with E-state index in [9.17, 15) is 0 Å². The van der Waals surface area contributed by atoms with Gasteiger partial charge in [0.25, 0.3) is 0 Å². The third kappa shape index (κ3) is 2.91. The van der Waals surface area contributed by atoms with Crippen LogP contribution < -0.4 is 4.74 Å². The molecular formula is C18H23NO2. The highest BCUT2D eigenvalue weighted by Crippen LogP contribution is 2.43. The van der Waals surface area contributed by atoms with Gasteiger partial charge >= 0.3 is 0 Å². The van der Waals surface area contributed by atoms with Crippen molar-refractivity contribution in [3.05, 3.63) is 28.8 Å². The van der Waals surface area contributed by atoms with Crippen molar-refractivity contribution in [2.75, 3.05) is 6.61 Å². The number of hydrogen-bond acceptors (Lipinski definition) is 3. The van der Waals surface area contributed by atoms with Crippen molar-refractivity contribution in [1.82, 2.24) is 0 Å². The van der Waals surface area contributed by atoms with E-state index >= 15 is 0 Å². The van der Waals surface area contributed by atoms with Gasteiger partial charge in [-0.05, 0) is 62.8 Å². The van der Waals surface area contributed by atoms with Crippen LogP contribution in [0.25, 0.3) is 0 Å². The second kappa shape index (κ2) is 5.69. The molecule has 3 heteroatoms. The van der Waals surface area contributed by atoms with Crippen LogP contribution in [0.5, 0.6) is 5.75 Å². The van der Waals surface area contributed by atoms with Crippen LogP contribution in [-0.2, 0) is 4.74 Å². The van der Waals surface area contributed by atoms with E-state index in [-0.39, 0.29) is 11.7 Å². The summed E-state index contributed by atoms with van der Waals surface area (Å²) in [7, 11) is 0. The molecule has 1 aliphatic carbocycles. The molecule has 1 spiro atoms. The van der Waals surface area contributed by atoms with Crippen LogP contribution >= 0.6 is 0 Å². The van der Waals surface area contributed by atoms with Crippen molar-refractivity contribution in [3.8, 4) is 11.8 Å². The molecule has 1 saturated carbocycles. The fourth-order valence-corrected chi connectivity index (χ4v) is 3.82. The molecule has 2 fully saturated rings. The number of aryl methyl sites for hydroxylation is 2. The fraction of sp³-hybridized carbons (Fsp3) is 0.611. The molecule has 0 bridgehead atoms. The Balaban J connectivity index is 1.62. The van der Waals surface area contributed by atoms with Gasteiger partial charge < -0.3 is 9.47 Å². The van der Waals surface area contributed by atoms with E-state index < -0.39 is 0 Å². The Bertz CT molecular complexity index is 544. The van der Waals surface area contributed by atoms with E-state index in [0.29, 0.717) is 12.2 Å². The Morgan fingerprint density at radius 2 is 1.90 bits per heavy atom. The van der Waals surface area contributed by atoms with Crippen molar-refractivity contribution in [2.45, 2.75) is 64.1 Å². The number of ether oxygens (including phenoxy) is 2. The molecule has 0 radical (unpaired) electrons. The first-order chi connectivity index (χ1) is 10.1. The smallest absolute Gasteiger partial charge is 0.125 e. The van der Waals surface area contributed by atoms with Gasteiger partial charge in [-0.2, -0.15) is 5.26 Å². The van der Waals surface area contributed by atoms with E-state index in [1.165, 1.54) is 32.1 Å². The van der Waals surface area contributed by atoms with Crippen molar-refractivity contribution in [3.63, 3.8) is 0 Å². The van der Waals surface area contributed by atoms with E-state index in [2.05, 4.69) is 6.07 Å². The van der Waals surface area contributed by atoms with Gasteiger partial charge in [0.15, 0.2) is 0 Å². The summed E-state index contributed by atoms with van der Waals surface area (Å²) >= 11 is 0. The van der Waals surface area contributed by atoms with Crippen molar-refractivity contribution < 1.29 is 9.47 Å². The molecule has 2 aliphatic rings. The molecule has 21 heavy (non-hydrogen) atoms. The highest BCUT2D eigenvalue weighted by atomic mass is 16.6. The fourth-order valence-electron chi connectivity index (χ4n) is 3.82. The minimum atomic E-state index is 0.169. The monoisotopic (exact) mass is 285 g/mol. The average molecular weight is 285 g/mol. The normalized spacial score (nSPS) is 23.4. The van der Waals surface area contributed by atoms with Crippen LogP contribution in [0.2, 0.25) is 0 Å². The van der Waals surface area contributed by atoms with Crippen molar-refractivity contribution in [2.24, 2.45) is 0 Å². The molecule has 3 rings (SSSR count). The van der Waals surface area contributed by atoms with Crippen LogP contribution in [0.4, 0.5) is 0 Å². The molecule has 1 saturated heterocycles. The predicted octanol–water partition coefficient (Wildman–Crippen LogP) is 4.05. The lowest BCUT2D eigenvalue weighted by molar-refractivity contribution is -0.0510. The van der Waals surface area contributed by atoms with Gasteiger partial charge in [-0.3, -0.25) is 0 Å². The first-order valence-corrected chi connectivity index (χ1v) is 7.94. The van der Waals surface area contributed by atoms with E-state index in [1.54, 1.807) is 0 Å². The van der Waals surface area contributed by atoms with Gasteiger partial charge in [0, 0.05) is 0 Å². The summed E-state index contributed by atoms with van der Waals surface area (Å²) in [5.74, 6) is 0.907. The van der Waals surface area contributed by atoms with E-state index in [1.807, 2.05) is 26.0 Å². The van der Waals surface area contributed by atoms with Gasteiger partial charge in [-0.1, -0.05) is 12.8 Å². The van der Waals surface area contributed by atoms with Gasteiger partial charge in [-0.15, -0.1) is 0 Å². The first kappa shape index (κ1) is 14.4. The average Bonchev–Trinajstić information content (AvgIpc) is 3.08. The van der Waals surface area contributed by atoms with Gasteiger partial charge in [0.2, 0.25) is 0 Å². The second-order valence-electron chi connectivity index (χ2n) is 6.53. The maximum atomic E-state index is 8.99. The van der Waals surface area contributed by atoms with Gasteiger partial charge in [-0.25, -0.2) is 0 Å². The molecule has 1 atom stereocenters. The van der Waals surface area contributed by atoms with E-state index in [0.717, 1.165) is 23.3 Å². The third-order valence-electron chi connectivity index (χ3n) is 4.86. The van der Waals surface area contributed by atoms with Gasteiger partial charge in [0.1, 0.15) is 12.4 Å². The van der Waals surface area contributed by atoms with Crippen molar-refractivity contribution in [1.29, 1.82) is 5.26 Å². The van der Waals surface area contributed by atoms with Crippen LogP contribution in [0.3, 0.4) is 0 Å². The highest BCUT2D eigenvalue weighted by molar-refractivity contribution is 5.47. The zero-order chi connectivity index (χ0) is 14.9. The Kier molecular flexibility index (Phi) is 3.91. The summed E-state index contributed by atoms with van der Waals surface area (Å²) in [5.41, 5.74) is 2.92. The molecule has 1 heterocycles. The molecule has 1 aliphatic heterocycles. The largest absolute Gasteiger partial charge is 0.490 e. The lowest BCUT2D eigenvalue weighted by Gasteiger charge is -2.24. The van der Waals surface area contributed by atoms with E-state index in [4.69, 9.17) is 14.7 Å². The minimum Gasteiger partial charge on any atom is -0.490 e. The maximum absolute atomic E-state index is 8.99. The molecule has 3 nitrogen and oxygen atoms in total. The number of benzene rings is 1. The third-order valence-corrected chi connectivity index (χ3v) is 4.86. The standard InChI is InChI=1S/C18H23NO2/c1-13-9-15(11-19)10-14(2)17(13)20-12-16-5-8-18(21-16)6-3-4-7-18/h9-10,16H,3-8,12H2,1-2H3. The zero-order valence-electron chi connectivity index (χ0n) is 12.9.